The Kier molecular flexibility index (Phi) is 7.60. The monoisotopic (exact) mass is 479 g/mol. The Bertz CT molecular complexity index is 1050. The first kappa shape index (κ1) is 25.0. The third-order valence-electron chi connectivity index (χ3n) is 7.45. The van der Waals surface area contributed by atoms with Gasteiger partial charge in [0, 0.05) is 45.4 Å². The SMILES string of the molecule is COC(C)(C)C1CCN(c2ccc(Nc3ccc(CNC(=O)C4CNC(=O)C4)cc3)c(C)n2)CC1. The summed E-state index contributed by atoms with van der Waals surface area (Å²) in [6, 6.07) is 12.2. The molecule has 1 aromatic carbocycles. The predicted molar refractivity (Wildman–Crippen MR) is 138 cm³/mol. The zero-order valence-electron chi connectivity index (χ0n) is 21.2. The lowest BCUT2D eigenvalue weighted by Crippen LogP contribution is -2.43. The molecule has 1 unspecified atom stereocenters. The van der Waals surface area contributed by atoms with Gasteiger partial charge >= 0.3 is 0 Å². The van der Waals surface area contributed by atoms with Gasteiger partial charge in [0.2, 0.25) is 11.8 Å². The van der Waals surface area contributed by atoms with Gasteiger partial charge in [0.05, 0.1) is 22.9 Å². The minimum absolute atomic E-state index is 0.0610. The summed E-state index contributed by atoms with van der Waals surface area (Å²) in [4.78, 5) is 30.7. The van der Waals surface area contributed by atoms with Crippen molar-refractivity contribution in [2.45, 2.75) is 52.2 Å². The van der Waals surface area contributed by atoms with Crippen molar-refractivity contribution in [3.05, 3.63) is 47.7 Å². The number of piperidine rings is 1. The van der Waals surface area contributed by atoms with E-state index >= 15 is 0 Å². The summed E-state index contributed by atoms with van der Waals surface area (Å²) >= 11 is 0. The largest absolute Gasteiger partial charge is 0.379 e. The van der Waals surface area contributed by atoms with Gasteiger partial charge in [-0.15, -0.1) is 0 Å². The van der Waals surface area contributed by atoms with E-state index in [0.29, 0.717) is 19.0 Å². The summed E-state index contributed by atoms with van der Waals surface area (Å²) < 4.78 is 5.69. The van der Waals surface area contributed by atoms with Crippen molar-refractivity contribution in [2.24, 2.45) is 11.8 Å². The number of rotatable bonds is 8. The van der Waals surface area contributed by atoms with E-state index in [4.69, 9.17) is 9.72 Å². The van der Waals surface area contributed by atoms with Crippen LogP contribution >= 0.6 is 0 Å². The van der Waals surface area contributed by atoms with E-state index < -0.39 is 0 Å². The van der Waals surface area contributed by atoms with E-state index in [2.05, 4.69) is 46.8 Å². The molecule has 188 valence electrons. The fourth-order valence-electron chi connectivity index (χ4n) is 4.81. The Morgan fingerprint density at radius 3 is 2.49 bits per heavy atom. The molecule has 2 aliphatic rings. The third-order valence-corrected chi connectivity index (χ3v) is 7.45. The molecule has 2 aromatic rings. The first-order valence-corrected chi connectivity index (χ1v) is 12.4. The molecule has 0 saturated carbocycles. The number of nitrogens with one attached hydrogen (secondary N) is 3. The molecule has 3 heterocycles. The molecule has 8 heteroatoms. The van der Waals surface area contributed by atoms with Crippen LogP contribution in [0.2, 0.25) is 0 Å². The highest BCUT2D eigenvalue weighted by Crippen LogP contribution is 2.32. The van der Waals surface area contributed by atoms with E-state index in [-0.39, 0.29) is 29.8 Å². The molecule has 8 nitrogen and oxygen atoms in total. The topological polar surface area (TPSA) is 95.6 Å². The number of aryl methyl sites for hydroxylation is 1. The van der Waals surface area contributed by atoms with E-state index in [1.807, 2.05) is 31.2 Å². The van der Waals surface area contributed by atoms with Gasteiger partial charge in [-0.2, -0.15) is 0 Å². The summed E-state index contributed by atoms with van der Waals surface area (Å²) in [5, 5.41) is 9.06. The van der Waals surface area contributed by atoms with Crippen molar-refractivity contribution in [1.29, 1.82) is 0 Å². The molecular formula is C27H37N5O3. The summed E-state index contributed by atoms with van der Waals surface area (Å²) in [5.41, 5.74) is 3.82. The molecule has 0 bridgehead atoms. The number of hydrogen-bond acceptors (Lipinski definition) is 6. The zero-order chi connectivity index (χ0) is 25.0. The maximum Gasteiger partial charge on any atom is 0.225 e. The van der Waals surface area contributed by atoms with Gasteiger partial charge in [0.1, 0.15) is 5.82 Å². The number of aromatic nitrogens is 1. The number of pyridine rings is 1. The van der Waals surface area contributed by atoms with E-state index in [0.717, 1.165) is 54.4 Å². The second kappa shape index (κ2) is 10.6. The van der Waals surface area contributed by atoms with Crippen LogP contribution in [0.5, 0.6) is 0 Å². The number of amides is 2. The van der Waals surface area contributed by atoms with E-state index in [1.165, 1.54) is 0 Å². The van der Waals surface area contributed by atoms with Crippen molar-refractivity contribution in [3.63, 3.8) is 0 Å². The average Bonchev–Trinajstić information content (AvgIpc) is 3.31. The fraction of sp³-hybridized carbons (Fsp3) is 0.519. The van der Waals surface area contributed by atoms with Crippen molar-refractivity contribution in [1.82, 2.24) is 15.6 Å². The quantitative estimate of drug-likeness (QED) is 0.536. The lowest BCUT2D eigenvalue weighted by molar-refractivity contribution is -0.126. The van der Waals surface area contributed by atoms with Gasteiger partial charge in [-0.3, -0.25) is 9.59 Å². The fourth-order valence-corrected chi connectivity index (χ4v) is 4.81. The van der Waals surface area contributed by atoms with Crippen LogP contribution in [0, 0.1) is 18.8 Å². The van der Waals surface area contributed by atoms with Crippen molar-refractivity contribution in [2.75, 3.05) is 37.0 Å². The van der Waals surface area contributed by atoms with Crippen molar-refractivity contribution in [3.8, 4) is 0 Å². The highest BCUT2D eigenvalue weighted by Gasteiger charge is 2.32. The van der Waals surface area contributed by atoms with Gasteiger partial charge in [0.15, 0.2) is 0 Å². The molecule has 0 aliphatic carbocycles. The Morgan fingerprint density at radius 1 is 1.17 bits per heavy atom. The van der Waals surface area contributed by atoms with Crippen LogP contribution in [0.4, 0.5) is 17.2 Å². The molecule has 0 spiro atoms. The van der Waals surface area contributed by atoms with Crippen LogP contribution in [0.25, 0.3) is 0 Å². The van der Waals surface area contributed by atoms with Gasteiger partial charge in [-0.1, -0.05) is 12.1 Å². The number of ether oxygens (including phenoxy) is 1. The Hall–Kier alpha value is -3.13. The van der Waals surface area contributed by atoms with E-state index in [1.54, 1.807) is 7.11 Å². The molecule has 2 amide bonds. The van der Waals surface area contributed by atoms with Gasteiger partial charge in [0.25, 0.3) is 0 Å². The lowest BCUT2D eigenvalue weighted by atomic mass is 9.83. The highest BCUT2D eigenvalue weighted by molar-refractivity contribution is 5.89. The normalized spacial score (nSPS) is 18.9. The minimum Gasteiger partial charge on any atom is -0.379 e. The standard InChI is InChI=1S/C27H37N5O3/c1-18-23(9-10-24(30-18)32-13-11-21(12-14-32)27(2,3)35-4)31-22-7-5-19(6-8-22)16-29-26(34)20-15-25(33)28-17-20/h5-10,20-21,31H,11-17H2,1-4H3,(H,28,33)(H,29,34). The molecule has 0 radical (unpaired) electrons. The van der Waals surface area contributed by atoms with Gasteiger partial charge in [-0.25, -0.2) is 4.98 Å². The van der Waals surface area contributed by atoms with Crippen LogP contribution < -0.4 is 20.9 Å². The number of nitrogens with zero attached hydrogens (tertiary/aromatic N) is 2. The first-order valence-electron chi connectivity index (χ1n) is 12.4. The number of methoxy groups -OCH3 is 1. The van der Waals surface area contributed by atoms with Crippen LogP contribution in [0.1, 0.15) is 44.4 Å². The van der Waals surface area contributed by atoms with Crippen molar-refractivity contribution >= 4 is 29.0 Å². The van der Waals surface area contributed by atoms with E-state index in [9.17, 15) is 9.59 Å². The number of carbonyl (C=O) groups excluding carboxylic acids is 2. The molecule has 2 saturated heterocycles. The molecule has 2 aliphatic heterocycles. The molecule has 3 N–H and O–H groups in total. The Morgan fingerprint density at radius 2 is 1.89 bits per heavy atom. The number of carbonyl (C=O) groups is 2. The van der Waals surface area contributed by atoms with Gasteiger partial charge in [-0.05, 0) is 69.4 Å². The smallest absolute Gasteiger partial charge is 0.225 e. The minimum atomic E-state index is -0.273. The Labute approximate surface area is 207 Å². The highest BCUT2D eigenvalue weighted by atomic mass is 16.5. The summed E-state index contributed by atoms with van der Waals surface area (Å²) in [6.45, 7) is 9.22. The van der Waals surface area contributed by atoms with Crippen molar-refractivity contribution < 1.29 is 14.3 Å². The van der Waals surface area contributed by atoms with Crippen LogP contribution in [0.3, 0.4) is 0 Å². The lowest BCUT2D eigenvalue weighted by Gasteiger charge is -2.40. The van der Waals surface area contributed by atoms with Crippen LogP contribution in [-0.4, -0.2) is 49.1 Å². The second-order valence-electron chi connectivity index (χ2n) is 10.1. The second-order valence-corrected chi connectivity index (χ2v) is 10.1. The number of hydrogen-bond donors (Lipinski definition) is 3. The average molecular weight is 480 g/mol. The summed E-state index contributed by atoms with van der Waals surface area (Å²) in [5.74, 6) is 1.16. The van der Waals surface area contributed by atoms with Crippen LogP contribution in [0.15, 0.2) is 36.4 Å². The van der Waals surface area contributed by atoms with Gasteiger partial charge < -0.3 is 25.6 Å². The molecule has 4 rings (SSSR count). The maximum absolute atomic E-state index is 12.2. The van der Waals surface area contributed by atoms with Crippen LogP contribution in [-0.2, 0) is 20.9 Å². The Balaban J connectivity index is 1.29. The molecule has 35 heavy (non-hydrogen) atoms. The number of anilines is 3. The summed E-state index contributed by atoms with van der Waals surface area (Å²) in [6.07, 6.45) is 2.47. The summed E-state index contributed by atoms with van der Waals surface area (Å²) in [7, 11) is 1.80. The third kappa shape index (κ3) is 6.11. The molecule has 1 atom stereocenters. The predicted octanol–water partition coefficient (Wildman–Crippen LogP) is 3.53. The zero-order valence-corrected chi connectivity index (χ0v) is 21.2. The molecular weight excluding hydrogens is 442 g/mol. The molecule has 1 aromatic heterocycles. The first-order chi connectivity index (χ1) is 16.7. The number of benzene rings is 1. The maximum atomic E-state index is 12.2. The molecule has 2 fully saturated rings.